The number of aryl methyl sites for hydroxylation is 2. The van der Waals surface area contributed by atoms with E-state index in [4.69, 9.17) is 0 Å². The van der Waals surface area contributed by atoms with Gasteiger partial charge in [-0.05, 0) is 46.9 Å². The molecule has 2 aliphatic rings. The molecule has 0 spiro atoms. The number of fused-ring (bicyclic) bond motifs is 2. The molecule has 2 atom stereocenters. The minimum Gasteiger partial charge on any atom is -0.508 e. The maximum atomic E-state index is 14.7. The van der Waals surface area contributed by atoms with Crippen LogP contribution in [0, 0.1) is 0 Å². The topological polar surface area (TPSA) is 143 Å². The van der Waals surface area contributed by atoms with E-state index in [1.807, 2.05) is 90.4 Å². The van der Waals surface area contributed by atoms with Crippen molar-refractivity contribution in [1.29, 1.82) is 0 Å². The number of rotatable bonds is 15. The number of phenolic OH excluding ortho intramolecular Hbond substituents is 1. The lowest BCUT2D eigenvalue weighted by molar-refractivity contribution is -0.205. The molecule has 0 unspecified atom stereocenters. The number of nitrogens with zero attached hydrogens (tertiary/aromatic N) is 7. The number of ketones is 1. The van der Waals surface area contributed by atoms with E-state index in [1.165, 1.54) is 0 Å². The summed E-state index contributed by atoms with van der Waals surface area (Å²) < 4.78 is 1.91. The number of carbonyl (C=O) groups excluding carboxylic acids is 4. The Kier molecular flexibility index (Phi) is 12.0. The van der Waals surface area contributed by atoms with E-state index in [-0.39, 0.29) is 81.3 Å². The highest BCUT2D eigenvalue weighted by Gasteiger charge is 2.51. The predicted octanol–water partition coefficient (Wildman–Crippen LogP) is 4.12. The highest BCUT2D eigenvalue weighted by atomic mass is 16.3. The van der Waals surface area contributed by atoms with Crippen LogP contribution in [-0.2, 0) is 47.2 Å². The summed E-state index contributed by atoms with van der Waals surface area (Å²) in [6.45, 7) is 4.78. The van der Waals surface area contributed by atoms with E-state index in [9.17, 15) is 29.4 Å². The number of hydrogen-bond acceptors (Lipinski definition) is 9. The molecule has 3 aromatic carbocycles. The van der Waals surface area contributed by atoms with E-state index in [2.05, 4.69) is 11.6 Å². The number of benzene rings is 3. The van der Waals surface area contributed by atoms with Gasteiger partial charge in [-0.1, -0.05) is 72.8 Å². The molecule has 300 valence electrons. The number of phenols is 1. The molecule has 2 saturated heterocycles. The Labute approximate surface area is 338 Å². The Hall–Kier alpha value is -6.31. The molecule has 0 aliphatic carbocycles. The first-order valence-electron chi connectivity index (χ1n) is 19.5. The van der Waals surface area contributed by atoms with Crippen molar-refractivity contribution in [3.8, 4) is 5.75 Å². The van der Waals surface area contributed by atoms with Crippen molar-refractivity contribution in [1.82, 2.24) is 29.4 Å². The Balaban J connectivity index is 1.20. The molecule has 13 nitrogen and oxygen atoms in total. The number of piperazine rings is 1. The third-order valence-electron chi connectivity index (χ3n) is 11.0. The van der Waals surface area contributed by atoms with Gasteiger partial charge in [0.2, 0.25) is 17.7 Å². The normalized spacial score (nSPS) is 17.1. The van der Waals surface area contributed by atoms with Crippen LogP contribution in [-0.4, -0.2) is 115 Å². The van der Waals surface area contributed by atoms with Crippen LogP contribution in [0.3, 0.4) is 0 Å². The van der Waals surface area contributed by atoms with E-state index in [0.717, 1.165) is 33.2 Å². The summed E-state index contributed by atoms with van der Waals surface area (Å²) in [4.78, 5) is 66.5. The molecule has 2 N–H and O–H groups in total. The van der Waals surface area contributed by atoms with Crippen molar-refractivity contribution in [3.63, 3.8) is 0 Å². The van der Waals surface area contributed by atoms with Crippen molar-refractivity contribution >= 4 is 40.2 Å². The van der Waals surface area contributed by atoms with Crippen LogP contribution in [0.2, 0.25) is 0 Å². The first-order valence-corrected chi connectivity index (χ1v) is 19.5. The van der Waals surface area contributed by atoms with E-state index in [0.29, 0.717) is 24.3 Å². The van der Waals surface area contributed by atoms with Gasteiger partial charge in [0.15, 0.2) is 5.78 Å². The van der Waals surface area contributed by atoms with Gasteiger partial charge in [0.25, 0.3) is 0 Å². The zero-order chi connectivity index (χ0) is 40.9. The zero-order valence-electron chi connectivity index (χ0n) is 32.9. The lowest BCUT2D eigenvalue weighted by atomic mass is 9.97. The Morgan fingerprint density at radius 3 is 2.43 bits per heavy atom. The molecule has 7 rings (SSSR count). The summed E-state index contributed by atoms with van der Waals surface area (Å²) in [5.41, 5.74) is 4.71. The van der Waals surface area contributed by atoms with Gasteiger partial charge in [0, 0.05) is 76.3 Å². The summed E-state index contributed by atoms with van der Waals surface area (Å²) in [5.74, 6) is 0.0344. The van der Waals surface area contributed by atoms with Crippen molar-refractivity contribution in [2.75, 3.05) is 44.7 Å². The number of hydrazine groups is 1. The minimum atomic E-state index is -0.917. The fourth-order valence-electron chi connectivity index (χ4n) is 8.17. The minimum absolute atomic E-state index is 0.00808. The largest absolute Gasteiger partial charge is 0.508 e. The number of anilines is 1. The molecule has 5 aromatic rings. The van der Waals surface area contributed by atoms with Gasteiger partial charge in [-0.25, -0.2) is 15.0 Å². The molecular formula is C45H49N7O6. The number of Topliss-reactive ketones (excluding diaryl/α,β-unsaturated/α-hetero) is 1. The fourth-order valence-corrected chi connectivity index (χ4v) is 8.17. The summed E-state index contributed by atoms with van der Waals surface area (Å²) in [5, 5.41) is 23.4. The molecule has 0 radical (unpaired) electrons. The molecule has 2 fully saturated rings. The first-order chi connectivity index (χ1) is 28.1. The monoisotopic (exact) mass is 783 g/mol. The molecule has 4 heterocycles. The van der Waals surface area contributed by atoms with E-state index >= 15 is 0 Å². The zero-order valence-corrected chi connectivity index (χ0v) is 32.9. The number of likely N-dealkylation sites (N-methyl/N-ethyl adjacent to an activating group) is 1. The second-order valence-electron chi connectivity index (χ2n) is 15.0. The van der Waals surface area contributed by atoms with Gasteiger partial charge >= 0.3 is 0 Å². The number of aromatic hydroxyl groups is 1. The lowest BCUT2D eigenvalue weighted by Crippen LogP contribution is -2.75. The lowest BCUT2D eigenvalue weighted by Gasteiger charge is -2.55. The van der Waals surface area contributed by atoms with Crippen LogP contribution < -0.4 is 4.90 Å². The van der Waals surface area contributed by atoms with Crippen molar-refractivity contribution < 1.29 is 29.4 Å². The third-order valence-corrected chi connectivity index (χ3v) is 11.0. The smallest absolute Gasteiger partial charge is 0.246 e. The molecule has 58 heavy (non-hydrogen) atoms. The van der Waals surface area contributed by atoms with Crippen molar-refractivity contribution in [2.45, 2.75) is 44.4 Å². The summed E-state index contributed by atoms with van der Waals surface area (Å²) >= 11 is 0. The van der Waals surface area contributed by atoms with Gasteiger partial charge in [-0.15, -0.1) is 6.58 Å². The third kappa shape index (κ3) is 8.36. The average molecular weight is 784 g/mol. The highest BCUT2D eigenvalue weighted by molar-refractivity contribution is 6.09. The molecule has 3 amide bonds. The van der Waals surface area contributed by atoms with Crippen LogP contribution >= 0.6 is 0 Å². The Morgan fingerprint density at radius 1 is 0.966 bits per heavy atom. The predicted molar refractivity (Wildman–Crippen MR) is 221 cm³/mol. The SMILES string of the molecule is C=CCN1CC(=O)N2[C@@H](Cc3ccc(O)cc3)C(=O)N(Cc3cccc4c(C(=O)Cc5ccc(N(C)CCO)nc5)cn(C)c34)C[C@@H]2N1C(=O)CCc1ccccc1. The van der Waals surface area contributed by atoms with Crippen LogP contribution in [0.15, 0.2) is 110 Å². The van der Waals surface area contributed by atoms with Gasteiger partial charge in [0.05, 0.1) is 25.2 Å². The number of para-hydroxylation sites is 1. The fraction of sp³-hybridized carbons (Fsp3) is 0.311. The average Bonchev–Trinajstić information content (AvgIpc) is 3.57. The number of pyridine rings is 1. The number of aliphatic hydroxyl groups is 1. The summed E-state index contributed by atoms with van der Waals surface area (Å²) in [6.07, 6.45) is 5.43. The highest BCUT2D eigenvalue weighted by Crippen LogP contribution is 2.32. The molecule has 0 saturated carbocycles. The van der Waals surface area contributed by atoms with Gasteiger partial charge in [0.1, 0.15) is 23.8 Å². The maximum Gasteiger partial charge on any atom is 0.246 e. The van der Waals surface area contributed by atoms with Gasteiger partial charge in [-0.2, -0.15) is 0 Å². The second kappa shape index (κ2) is 17.5. The summed E-state index contributed by atoms with van der Waals surface area (Å²) in [6, 6.07) is 24.9. The van der Waals surface area contributed by atoms with Crippen LogP contribution in [0.1, 0.15) is 39.0 Å². The number of hydrogen-bond donors (Lipinski definition) is 2. The van der Waals surface area contributed by atoms with Gasteiger partial charge < -0.3 is 29.5 Å². The van der Waals surface area contributed by atoms with Crippen molar-refractivity contribution in [2.24, 2.45) is 7.05 Å². The first kappa shape index (κ1) is 39.9. The van der Waals surface area contributed by atoms with Crippen LogP contribution in [0.25, 0.3) is 10.9 Å². The Bertz CT molecular complexity index is 2290. The number of aliphatic hydroxyl groups excluding tert-OH is 1. The molecule has 2 aromatic heterocycles. The molecule has 0 bridgehead atoms. The maximum absolute atomic E-state index is 14.7. The second-order valence-corrected chi connectivity index (χ2v) is 15.0. The molecule has 13 heteroatoms. The molecule has 2 aliphatic heterocycles. The van der Waals surface area contributed by atoms with E-state index < -0.39 is 12.2 Å². The van der Waals surface area contributed by atoms with Crippen molar-refractivity contribution in [3.05, 3.63) is 138 Å². The van der Waals surface area contributed by atoms with Crippen LogP contribution in [0.5, 0.6) is 5.75 Å². The number of amides is 3. The Morgan fingerprint density at radius 2 is 1.72 bits per heavy atom. The number of aromatic nitrogens is 2. The number of carbonyl (C=O) groups is 4. The van der Waals surface area contributed by atoms with E-state index in [1.54, 1.807) is 56.4 Å². The van der Waals surface area contributed by atoms with Gasteiger partial charge in [-0.3, -0.25) is 19.2 Å². The quantitative estimate of drug-likeness (QED) is 0.119. The standard InChI is InChI=1S/C45H49N7O6/c1-4-21-50-30-43(57)51-38(24-32-13-17-35(54)18-14-32)45(58)49(29-41(51)52(50)42(56)20-16-31-9-6-5-7-10-31)27-34-11-8-12-36-37(28-48(3)44(34)36)39(55)25-33-15-19-40(46-26-33)47(2)22-23-53/h4-15,17-19,26,28,38,41,53-54H,1,16,20-25,27,29-30H2,2-3H3/t38-,41-/m0/s1. The summed E-state index contributed by atoms with van der Waals surface area (Å²) in [7, 11) is 3.72. The van der Waals surface area contributed by atoms with Crippen LogP contribution in [0.4, 0.5) is 5.82 Å². The molecular weight excluding hydrogens is 735 g/mol.